The Morgan fingerprint density at radius 3 is 2.35 bits per heavy atom. The van der Waals surface area contributed by atoms with Gasteiger partial charge in [0, 0.05) is 11.1 Å². The Hall–Kier alpha value is -2.83. The van der Waals surface area contributed by atoms with E-state index in [-0.39, 0.29) is 11.1 Å². The van der Waals surface area contributed by atoms with Crippen molar-refractivity contribution >= 4 is 11.8 Å². The van der Waals surface area contributed by atoms with Gasteiger partial charge in [0.1, 0.15) is 0 Å². The summed E-state index contributed by atoms with van der Waals surface area (Å²) in [6, 6.07) is 10.2. The summed E-state index contributed by atoms with van der Waals surface area (Å²) in [4.78, 5) is 23.7. The molecule has 2 rings (SSSR count). The van der Waals surface area contributed by atoms with E-state index in [1.165, 1.54) is 30.3 Å². The molecule has 1 atom stereocenters. The highest BCUT2D eigenvalue weighted by atomic mass is 19.4. The van der Waals surface area contributed by atoms with Crippen molar-refractivity contribution in [2.45, 2.75) is 32.0 Å². The molecule has 0 aromatic heterocycles. The van der Waals surface area contributed by atoms with Crippen LogP contribution in [0.25, 0.3) is 0 Å². The van der Waals surface area contributed by atoms with Crippen molar-refractivity contribution in [1.82, 2.24) is 5.32 Å². The van der Waals surface area contributed by atoms with Crippen molar-refractivity contribution in [3.8, 4) is 0 Å². The molecule has 2 aromatic rings. The predicted octanol–water partition coefficient (Wildman–Crippen LogP) is 4.08. The Morgan fingerprint density at radius 1 is 1.08 bits per heavy atom. The molecule has 26 heavy (non-hydrogen) atoms. The number of hydrogen-bond donors (Lipinski definition) is 2. The number of nitrogens with one attached hydrogen (secondary N) is 1. The van der Waals surface area contributed by atoms with Gasteiger partial charge in [-0.1, -0.05) is 31.5 Å². The number of halogens is 3. The highest BCUT2D eigenvalue weighted by Crippen LogP contribution is 2.31. The Bertz CT molecular complexity index is 803. The Labute approximate surface area is 149 Å². The summed E-state index contributed by atoms with van der Waals surface area (Å²) in [6.07, 6.45) is -3.31. The molecule has 7 heteroatoms. The van der Waals surface area contributed by atoms with E-state index in [0.29, 0.717) is 18.4 Å². The topological polar surface area (TPSA) is 72.2 Å². The lowest BCUT2D eigenvalue weighted by atomic mass is 9.99. The molecule has 1 unspecified atom stereocenters. The van der Waals surface area contributed by atoms with Gasteiger partial charge in [-0.25, -0.2) is 0 Å². The fourth-order valence-electron chi connectivity index (χ4n) is 2.60. The first kappa shape index (κ1) is 19.5. The molecule has 0 spiro atoms. The monoisotopic (exact) mass is 364 g/mol. The molecule has 0 bridgehead atoms. The third-order valence-electron chi connectivity index (χ3n) is 3.91. The van der Waals surface area contributed by atoms with Crippen LogP contribution in [-0.4, -0.2) is 11.8 Å². The van der Waals surface area contributed by atoms with Gasteiger partial charge in [0.05, 0.1) is 11.6 Å². The summed E-state index contributed by atoms with van der Waals surface area (Å²) in [7, 11) is 0. The molecule has 4 nitrogen and oxygen atoms in total. The number of benzene rings is 2. The molecule has 2 amide bonds. The lowest BCUT2D eigenvalue weighted by molar-refractivity contribution is -0.137. The fraction of sp³-hybridized carbons (Fsp3) is 0.263. The summed E-state index contributed by atoms with van der Waals surface area (Å²) >= 11 is 0. The van der Waals surface area contributed by atoms with Crippen LogP contribution in [0.15, 0.2) is 48.5 Å². The molecule has 0 aliphatic heterocycles. The van der Waals surface area contributed by atoms with Crippen LogP contribution in [0.1, 0.15) is 57.7 Å². The molecule has 0 radical (unpaired) electrons. The second-order valence-corrected chi connectivity index (χ2v) is 5.88. The van der Waals surface area contributed by atoms with E-state index >= 15 is 0 Å². The number of nitrogens with two attached hydrogens (primary N) is 1. The van der Waals surface area contributed by atoms with Crippen molar-refractivity contribution in [3.63, 3.8) is 0 Å². The minimum atomic E-state index is -4.45. The van der Waals surface area contributed by atoms with Gasteiger partial charge in [-0.15, -0.1) is 0 Å². The maximum absolute atomic E-state index is 12.9. The Kier molecular flexibility index (Phi) is 6.02. The van der Waals surface area contributed by atoms with Crippen LogP contribution in [-0.2, 0) is 6.18 Å². The third kappa shape index (κ3) is 4.84. The van der Waals surface area contributed by atoms with Crippen molar-refractivity contribution in [2.75, 3.05) is 0 Å². The summed E-state index contributed by atoms with van der Waals surface area (Å²) in [6.45, 7) is 1.88. The number of alkyl halides is 3. The van der Waals surface area contributed by atoms with Gasteiger partial charge in [0.2, 0.25) is 5.91 Å². The summed E-state index contributed by atoms with van der Waals surface area (Å²) < 4.78 is 38.8. The van der Waals surface area contributed by atoms with Crippen LogP contribution in [0.5, 0.6) is 0 Å². The minimum Gasteiger partial charge on any atom is -0.366 e. The average Bonchev–Trinajstić information content (AvgIpc) is 2.60. The van der Waals surface area contributed by atoms with E-state index in [2.05, 4.69) is 5.32 Å². The van der Waals surface area contributed by atoms with E-state index in [9.17, 15) is 22.8 Å². The number of carbonyl (C=O) groups excluding carboxylic acids is 2. The SMILES string of the molecule is CCCC(NC(=O)c1cccc(C(N)=O)c1)c1cccc(C(F)(F)F)c1. The van der Waals surface area contributed by atoms with Crippen LogP contribution in [0.3, 0.4) is 0 Å². The normalized spacial score (nSPS) is 12.5. The third-order valence-corrected chi connectivity index (χ3v) is 3.91. The fourth-order valence-corrected chi connectivity index (χ4v) is 2.60. The summed E-state index contributed by atoms with van der Waals surface area (Å²) in [5, 5.41) is 2.74. The quantitative estimate of drug-likeness (QED) is 0.811. The van der Waals surface area contributed by atoms with E-state index in [1.807, 2.05) is 6.92 Å². The molecule has 0 heterocycles. The largest absolute Gasteiger partial charge is 0.416 e. The molecule has 0 aliphatic carbocycles. The van der Waals surface area contributed by atoms with Crippen LogP contribution in [0, 0.1) is 0 Å². The van der Waals surface area contributed by atoms with Crippen LogP contribution in [0.2, 0.25) is 0 Å². The zero-order chi connectivity index (χ0) is 19.3. The van der Waals surface area contributed by atoms with Crippen molar-refractivity contribution in [1.29, 1.82) is 0 Å². The molecular weight excluding hydrogens is 345 g/mol. The standard InChI is InChI=1S/C19H19F3N2O2/c1-2-5-16(12-6-4-9-15(11-12)19(20,21)22)24-18(26)14-8-3-7-13(10-14)17(23)25/h3-4,6-11,16H,2,5H2,1H3,(H2,23,25)(H,24,26). The minimum absolute atomic E-state index is 0.184. The van der Waals surface area contributed by atoms with Gasteiger partial charge in [0.15, 0.2) is 0 Å². The molecule has 138 valence electrons. The van der Waals surface area contributed by atoms with Crippen molar-refractivity contribution in [3.05, 3.63) is 70.8 Å². The zero-order valence-electron chi connectivity index (χ0n) is 14.1. The van der Waals surface area contributed by atoms with Gasteiger partial charge in [-0.3, -0.25) is 9.59 Å². The van der Waals surface area contributed by atoms with Crippen LogP contribution >= 0.6 is 0 Å². The first-order chi connectivity index (χ1) is 12.2. The average molecular weight is 364 g/mol. The van der Waals surface area contributed by atoms with Gasteiger partial charge >= 0.3 is 6.18 Å². The van der Waals surface area contributed by atoms with Gasteiger partial charge in [0.25, 0.3) is 5.91 Å². The number of rotatable bonds is 6. The molecular formula is C19H19F3N2O2. The number of hydrogen-bond acceptors (Lipinski definition) is 2. The number of primary amides is 1. The predicted molar refractivity (Wildman–Crippen MR) is 91.5 cm³/mol. The number of carbonyl (C=O) groups is 2. The van der Waals surface area contributed by atoms with Gasteiger partial charge < -0.3 is 11.1 Å². The van der Waals surface area contributed by atoms with Crippen LogP contribution in [0.4, 0.5) is 13.2 Å². The zero-order valence-corrected chi connectivity index (χ0v) is 14.1. The molecule has 0 fully saturated rings. The highest BCUT2D eigenvalue weighted by Gasteiger charge is 2.31. The first-order valence-electron chi connectivity index (χ1n) is 8.10. The number of amides is 2. The van der Waals surface area contributed by atoms with E-state index in [4.69, 9.17) is 5.73 Å². The smallest absolute Gasteiger partial charge is 0.366 e. The van der Waals surface area contributed by atoms with E-state index in [1.54, 1.807) is 6.07 Å². The summed E-state index contributed by atoms with van der Waals surface area (Å²) in [5.74, 6) is -1.15. The van der Waals surface area contributed by atoms with E-state index < -0.39 is 29.6 Å². The van der Waals surface area contributed by atoms with Crippen molar-refractivity contribution in [2.24, 2.45) is 5.73 Å². The molecule has 0 saturated carbocycles. The summed E-state index contributed by atoms with van der Waals surface area (Å²) in [5.41, 5.74) is 5.22. The Morgan fingerprint density at radius 2 is 1.73 bits per heavy atom. The van der Waals surface area contributed by atoms with Crippen molar-refractivity contribution < 1.29 is 22.8 Å². The van der Waals surface area contributed by atoms with Gasteiger partial charge in [-0.05, 0) is 42.3 Å². The Balaban J connectivity index is 2.27. The second kappa shape index (κ2) is 8.03. The lowest BCUT2D eigenvalue weighted by Gasteiger charge is -2.20. The molecule has 2 aromatic carbocycles. The maximum atomic E-state index is 12.9. The van der Waals surface area contributed by atoms with Gasteiger partial charge in [-0.2, -0.15) is 13.2 Å². The second-order valence-electron chi connectivity index (χ2n) is 5.88. The molecule has 0 saturated heterocycles. The lowest BCUT2D eigenvalue weighted by Crippen LogP contribution is -2.29. The molecule has 3 N–H and O–H groups in total. The van der Waals surface area contributed by atoms with E-state index in [0.717, 1.165) is 12.1 Å². The first-order valence-corrected chi connectivity index (χ1v) is 8.10. The highest BCUT2D eigenvalue weighted by molar-refractivity contribution is 5.99. The van der Waals surface area contributed by atoms with Crippen LogP contribution < -0.4 is 11.1 Å². The maximum Gasteiger partial charge on any atom is 0.416 e. The molecule has 0 aliphatic rings.